The van der Waals surface area contributed by atoms with Gasteiger partial charge in [-0.3, -0.25) is 4.79 Å². The molecule has 6 N–H and O–H groups in total. The number of fused-ring (bicyclic) bond motifs is 13. The molecule has 37 heavy (non-hydrogen) atoms. The van der Waals surface area contributed by atoms with Crippen molar-refractivity contribution >= 4 is 17.9 Å². The summed E-state index contributed by atoms with van der Waals surface area (Å²) in [5.74, 6) is -0.655. The van der Waals surface area contributed by atoms with Gasteiger partial charge in [-0.1, -0.05) is 26.0 Å². The fourth-order valence-corrected chi connectivity index (χ4v) is 3.93. The Morgan fingerprint density at radius 3 is 2.49 bits per heavy atom. The number of ether oxygens (including phenoxy) is 2. The molecule has 0 aliphatic carbocycles. The van der Waals surface area contributed by atoms with Gasteiger partial charge in [0, 0.05) is 18.6 Å². The molecule has 0 aromatic heterocycles. The van der Waals surface area contributed by atoms with Crippen LogP contribution in [-0.4, -0.2) is 66.5 Å². The molecule has 0 saturated heterocycles. The quantitative estimate of drug-likeness (QED) is 0.353. The molecular formula is C27H44N4O6. The van der Waals surface area contributed by atoms with E-state index in [9.17, 15) is 19.5 Å². The second kappa shape index (κ2) is 14.8. The van der Waals surface area contributed by atoms with Crippen molar-refractivity contribution in [2.24, 2.45) is 11.7 Å². The van der Waals surface area contributed by atoms with Crippen LogP contribution in [0.3, 0.4) is 0 Å². The van der Waals surface area contributed by atoms with Crippen molar-refractivity contribution in [2.45, 2.75) is 89.9 Å². The van der Waals surface area contributed by atoms with Gasteiger partial charge in [-0.15, -0.1) is 0 Å². The number of carboxylic acid groups (broad SMARTS) is 1. The van der Waals surface area contributed by atoms with E-state index in [2.05, 4.69) is 16.0 Å². The SMILES string of the molecule is CC(C)[C@H]1COCCCCOc2ccc(cc2)C[C@@H](NC(=O)N[C@@H](CCCC(C)(C)N)C(=O)O)C(=O)N1. The Kier molecular flexibility index (Phi) is 12.1. The van der Waals surface area contributed by atoms with Crippen LogP contribution in [0.4, 0.5) is 4.79 Å². The van der Waals surface area contributed by atoms with Crippen molar-refractivity contribution in [2.75, 3.05) is 19.8 Å². The summed E-state index contributed by atoms with van der Waals surface area (Å²) in [6, 6.07) is 4.43. The lowest BCUT2D eigenvalue weighted by molar-refractivity contribution is -0.139. The van der Waals surface area contributed by atoms with Crippen LogP contribution < -0.4 is 26.4 Å². The maximum atomic E-state index is 13.3. The first-order valence-corrected chi connectivity index (χ1v) is 13.1. The maximum Gasteiger partial charge on any atom is 0.326 e. The largest absolute Gasteiger partial charge is 0.494 e. The van der Waals surface area contributed by atoms with E-state index in [0.717, 1.165) is 24.2 Å². The fourth-order valence-electron chi connectivity index (χ4n) is 3.93. The number of carbonyl (C=O) groups excluding carboxylic acids is 2. The van der Waals surface area contributed by atoms with Gasteiger partial charge in [0.2, 0.25) is 5.91 Å². The second-order valence-electron chi connectivity index (χ2n) is 10.8. The number of carbonyl (C=O) groups is 3. The summed E-state index contributed by atoms with van der Waals surface area (Å²) in [7, 11) is 0. The van der Waals surface area contributed by atoms with Gasteiger partial charge in [0.25, 0.3) is 0 Å². The molecule has 3 atom stereocenters. The van der Waals surface area contributed by atoms with Crippen molar-refractivity contribution in [3.8, 4) is 5.75 Å². The van der Waals surface area contributed by atoms with Gasteiger partial charge >= 0.3 is 12.0 Å². The Morgan fingerprint density at radius 1 is 1.19 bits per heavy atom. The van der Waals surface area contributed by atoms with E-state index < -0.39 is 29.6 Å². The first-order valence-electron chi connectivity index (χ1n) is 13.1. The molecule has 0 saturated carbocycles. The minimum Gasteiger partial charge on any atom is -0.494 e. The van der Waals surface area contributed by atoms with E-state index >= 15 is 0 Å². The van der Waals surface area contributed by atoms with Gasteiger partial charge in [-0.2, -0.15) is 0 Å². The average Bonchev–Trinajstić information content (AvgIpc) is 2.80. The predicted octanol–water partition coefficient (Wildman–Crippen LogP) is 2.59. The Bertz CT molecular complexity index is 869. The summed E-state index contributed by atoms with van der Waals surface area (Å²) < 4.78 is 11.6. The monoisotopic (exact) mass is 520 g/mol. The zero-order chi connectivity index (χ0) is 27.4. The molecule has 208 valence electrons. The minimum atomic E-state index is -1.14. The molecule has 10 nitrogen and oxygen atoms in total. The predicted molar refractivity (Wildman–Crippen MR) is 141 cm³/mol. The van der Waals surface area contributed by atoms with Crippen LogP contribution in [0.2, 0.25) is 0 Å². The number of carboxylic acids is 1. The summed E-state index contributed by atoms with van der Waals surface area (Å²) in [4.78, 5) is 37.9. The van der Waals surface area contributed by atoms with Crippen molar-refractivity contribution < 1.29 is 29.0 Å². The first-order chi connectivity index (χ1) is 17.4. The molecule has 0 fully saturated rings. The van der Waals surface area contributed by atoms with Crippen LogP contribution in [0.15, 0.2) is 24.3 Å². The second-order valence-corrected chi connectivity index (χ2v) is 10.8. The van der Waals surface area contributed by atoms with Gasteiger partial charge in [-0.05, 0) is 69.6 Å². The van der Waals surface area contributed by atoms with Gasteiger partial charge < -0.3 is 36.3 Å². The van der Waals surface area contributed by atoms with Gasteiger partial charge in [-0.25, -0.2) is 9.59 Å². The Morgan fingerprint density at radius 2 is 1.86 bits per heavy atom. The van der Waals surface area contributed by atoms with Crippen LogP contribution in [0.5, 0.6) is 5.75 Å². The topological polar surface area (TPSA) is 152 Å². The van der Waals surface area contributed by atoms with Crippen molar-refractivity contribution in [1.29, 1.82) is 0 Å². The minimum absolute atomic E-state index is 0.114. The smallest absolute Gasteiger partial charge is 0.326 e. The number of rotatable bonds is 8. The van der Waals surface area contributed by atoms with E-state index in [0.29, 0.717) is 32.7 Å². The number of nitrogens with two attached hydrogens (primary N) is 1. The number of benzene rings is 1. The maximum absolute atomic E-state index is 13.3. The molecule has 1 aromatic carbocycles. The highest BCUT2D eigenvalue weighted by Gasteiger charge is 2.27. The van der Waals surface area contributed by atoms with Crippen LogP contribution in [-0.2, 0) is 20.7 Å². The van der Waals surface area contributed by atoms with Crippen molar-refractivity contribution in [1.82, 2.24) is 16.0 Å². The molecule has 0 unspecified atom stereocenters. The Hall–Kier alpha value is -2.85. The van der Waals surface area contributed by atoms with Crippen molar-refractivity contribution in [3.63, 3.8) is 0 Å². The van der Waals surface area contributed by atoms with E-state index in [4.69, 9.17) is 15.2 Å². The summed E-state index contributed by atoms with van der Waals surface area (Å²) in [6.45, 7) is 9.23. The molecule has 2 aliphatic rings. The summed E-state index contributed by atoms with van der Waals surface area (Å²) in [5, 5.41) is 17.8. The van der Waals surface area contributed by atoms with Gasteiger partial charge in [0.05, 0.1) is 19.3 Å². The molecule has 0 radical (unpaired) electrons. The molecule has 2 heterocycles. The lowest BCUT2D eigenvalue weighted by atomic mass is 9.97. The lowest BCUT2D eigenvalue weighted by Gasteiger charge is -2.27. The van der Waals surface area contributed by atoms with Crippen LogP contribution in [0.1, 0.15) is 65.4 Å². The molecule has 2 aliphatic heterocycles. The first kappa shape index (κ1) is 30.4. The van der Waals surface area contributed by atoms with Gasteiger partial charge in [0.1, 0.15) is 17.8 Å². The highest BCUT2D eigenvalue weighted by molar-refractivity contribution is 5.89. The highest BCUT2D eigenvalue weighted by Crippen LogP contribution is 2.15. The van der Waals surface area contributed by atoms with E-state index in [1.165, 1.54) is 0 Å². The molecule has 3 amide bonds. The van der Waals surface area contributed by atoms with Crippen LogP contribution in [0.25, 0.3) is 0 Å². The van der Waals surface area contributed by atoms with E-state index in [1.807, 2.05) is 52.0 Å². The van der Waals surface area contributed by atoms with E-state index in [-0.39, 0.29) is 30.7 Å². The third-order valence-corrected chi connectivity index (χ3v) is 6.28. The third-order valence-electron chi connectivity index (χ3n) is 6.28. The number of aliphatic carboxylic acids is 1. The van der Waals surface area contributed by atoms with Gasteiger partial charge in [0.15, 0.2) is 0 Å². The average molecular weight is 521 g/mol. The number of hydrogen-bond donors (Lipinski definition) is 5. The molecule has 10 heteroatoms. The molecule has 3 rings (SSSR count). The summed E-state index contributed by atoms with van der Waals surface area (Å²) >= 11 is 0. The molecule has 1 aromatic rings. The zero-order valence-electron chi connectivity index (χ0n) is 22.5. The third kappa shape index (κ3) is 11.8. The summed E-state index contributed by atoms with van der Waals surface area (Å²) in [5.41, 5.74) is 6.39. The number of hydrogen-bond acceptors (Lipinski definition) is 6. The van der Waals surface area contributed by atoms with Crippen LogP contribution in [0, 0.1) is 5.92 Å². The molecule has 0 spiro atoms. The molecule has 2 bridgehead atoms. The van der Waals surface area contributed by atoms with E-state index in [1.54, 1.807) is 0 Å². The molecular weight excluding hydrogens is 476 g/mol. The lowest BCUT2D eigenvalue weighted by Crippen LogP contribution is -2.56. The number of amides is 3. The number of urea groups is 1. The Labute approximate surface area is 220 Å². The zero-order valence-corrected chi connectivity index (χ0v) is 22.5. The Balaban J connectivity index is 2.15. The fraction of sp³-hybridized carbons (Fsp3) is 0.667. The van der Waals surface area contributed by atoms with Crippen LogP contribution >= 0.6 is 0 Å². The standard InChI is InChI=1S/C27H44N4O6/c1-18(2)23-17-36-14-5-6-15-37-20-11-9-19(10-12-20)16-22(24(32)29-23)31-26(35)30-21(25(33)34)8-7-13-27(3,4)28/h9-12,18,21-23H,5-8,13-17,28H2,1-4H3,(H,29,32)(H,33,34)(H2,30,31,35)/t21-,22+,23+/m0/s1. The normalized spacial score (nSPS) is 20.5. The number of nitrogens with one attached hydrogen (secondary N) is 3. The van der Waals surface area contributed by atoms with Crippen molar-refractivity contribution in [3.05, 3.63) is 29.8 Å². The summed E-state index contributed by atoms with van der Waals surface area (Å²) in [6.07, 6.45) is 3.31. The highest BCUT2D eigenvalue weighted by atomic mass is 16.5.